The van der Waals surface area contributed by atoms with Gasteiger partial charge in [-0.15, -0.1) is 0 Å². The van der Waals surface area contributed by atoms with E-state index in [4.69, 9.17) is 0 Å². The molecule has 0 aliphatic heterocycles. The van der Waals surface area contributed by atoms with E-state index >= 15 is 0 Å². The second kappa shape index (κ2) is 4.67. The van der Waals surface area contributed by atoms with E-state index in [2.05, 4.69) is 10.3 Å². The lowest BCUT2D eigenvalue weighted by atomic mass is 10.1. The van der Waals surface area contributed by atoms with Crippen molar-refractivity contribution in [2.45, 2.75) is 33.2 Å². The Bertz CT molecular complexity index is 739. The standard InChI is InChI=1S/C15H18N2O3/c1-8-5-11-9(6-12(8)18)13(19)10(7-16-11)14(20)17-15(2,3)4/h5-7,18H,1-4H3,(H,16,19)(H,17,20). The van der Waals surface area contributed by atoms with E-state index in [1.165, 1.54) is 12.3 Å². The average molecular weight is 274 g/mol. The molecule has 0 saturated heterocycles. The molecule has 5 heteroatoms. The van der Waals surface area contributed by atoms with Gasteiger partial charge in [-0.25, -0.2) is 0 Å². The SMILES string of the molecule is Cc1cc2[nH]cc(C(=O)NC(C)(C)C)c(=O)c2cc1O. The van der Waals surface area contributed by atoms with Gasteiger partial charge in [-0.2, -0.15) is 0 Å². The molecule has 2 aromatic rings. The zero-order chi connectivity index (χ0) is 15.1. The maximum atomic E-state index is 12.3. The Kier molecular flexibility index (Phi) is 3.29. The van der Waals surface area contributed by atoms with Crippen LogP contribution >= 0.6 is 0 Å². The molecule has 3 N–H and O–H groups in total. The van der Waals surface area contributed by atoms with Gasteiger partial charge in [-0.3, -0.25) is 9.59 Å². The van der Waals surface area contributed by atoms with Gasteiger partial charge >= 0.3 is 0 Å². The van der Waals surface area contributed by atoms with Gasteiger partial charge in [0, 0.05) is 22.6 Å². The number of benzene rings is 1. The first kappa shape index (κ1) is 14.1. The first-order valence-electron chi connectivity index (χ1n) is 6.36. The number of fused-ring (bicyclic) bond motifs is 1. The average Bonchev–Trinajstić information content (AvgIpc) is 2.30. The van der Waals surface area contributed by atoms with Crippen LogP contribution in [-0.4, -0.2) is 21.5 Å². The molecule has 0 radical (unpaired) electrons. The number of carbonyl (C=O) groups excluding carboxylic acids is 1. The van der Waals surface area contributed by atoms with Crippen LogP contribution < -0.4 is 10.7 Å². The molecule has 0 bridgehead atoms. The van der Waals surface area contributed by atoms with E-state index in [9.17, 15) is 14.7 Å². The fourth-order valence-electron chi connectivity index (χ4n) is 1.94. The molecule has 0 aliphatic rings. The first-order valence-corrected chi connectivity index (χ1v) is 6.36. The monoisotopic (exact) mass is 274 g/mol. The quantitative estimate of drug-likeness (QED) is 0.744. The summed E-state index contributed by atoms with van der Waals surface area (Å²) in [5, 5.41) is 12.8. The van der Waals surface area contributed by atoms with Gasteiger partial charge in [0.2, 0.25) is 5.43 Å². The van der Waals surface area contributed by atoms with Crippen LogP contribution in [0, 0.1) is 6.92 Å². The Morgan fingerprint density at radius 3 is 2.55 bits per heavy atom. The summed E-state index contributed by atoms with van der Waals surface area (Å²) in [6, 6.07) is 3.06. The number of aromatic amines is 1. The number of hydrogen-bond donors (Lipinski definition) is 3. The van der Waals surface area contributed by atoms with Crippen molar-refractivity contribution in [2.75, 3.05) is 0 Å². The van der Waals surface area contributed by atoms with Gasteiger partial charge in [0.15, 0.2) is 0 Å². The van der Waals surface area contributed by atoms with E-state index < -0.39 is 16.9 Å². The number of aryl methyl sites for hydroxylation is 1. The highest BCUT2D eigenvalue weighted by Crippen LogP contribution is 2.21. The minimum absolute atomic E-state index is 0.0377. The van der Waals surface area contributed by atoms with E-state index in [-0.39, 0.29) is 11.3 Å². The highest BCUT2D eigenvalue weighted by Gasteiger charge is 2.19. The summed E-state index contributed by atoms with van der Waals surface area (Å²) in [5.74, 6) is -0.392. The molecule has 0 aliphatic carbocycles. The number of hydrogen-bond acceptors (Lipinski definition) is 3. The third-order valence-corrected chi connectivity index (χ3v) is 2.93. The Hall–Kier alpha value is -2.30. The predicted octanol–water partition coefficient (Wildman–Crippen LogP) is 2.07. The molecule has 1 amide bonds. The van der Waals surface area contributed by atoms with E-state index in [0.717, 1.165) is 0 Å². The number of amides is 1. The number of carbonyl (C=O) groups is 1. The van der Waals surface area contributed by atoms with Crippen molar-refractivity contribution in [1.29, 1.82) is 0 Å². The van der Waals surface area contributed by atoms with Crippen molar-refractivity contribution in [3.63, 3.8) is 0 Å². The van der Waals surface area contributed by atoms with Crippen LogP contribution in [0.5, 0.6) is 5.75 Å². The number of pyridine rings is 1. The molecule has 0 saturated carbocycles. The summed E-state index contributed by atoms with van der Waals surface area (Å²) >= 11 is 0. The number of phenolic OH excluding ortho intramolecular Hbond substituents is 1. The van der Waals surface area contributed by atoms with Crippen LogP contribution in [0.4, 0.5) is 0 Å². The second-order valence-corrected chi connectivity index (χ2v) is 5.92. The summed E-state index contributed by atoms with van der Waals surface area (Å²) in [7, 11) is 0. The molecule has 1 aromatic carbocycles. The number of nitrogens with one attached hydrogen (secondary N) is 2. The summed E-state index contributed by atoms with van der Waals surface area (Å²) in [6.07, 6.45) is 1.40. The summed E-state index contributed by atoms with van der Waals surface area (Å²) in [4.78, 5) is 27.3. The molecule has 106 valence electrons. The van der Waals surface area contributed by atoms with Gasteiger partial charge in [0.05, 0.1) is 0 Å². The summed E-state index contributed by atoms with van der Waals surface area (Å²) < 4.78 is 0. The third-order valence-electron chi connectivity index (χ3n) is 2.93. The Balaban J connectivity index is 2.58. The van der Waals surface area contributed by atoms with Crippen LogP contribution in [0.25, 0.3) is 10.9 Å². The lowest BCUT2D eigenvalue weighted by Gasteiger charge is -2.20. The normalized spacial score (nSPS) is 11.6. The molecular weight excluding hydrogens is 256 g/mol. The lowest BCUT2D eigenvalue weighted by Crippen LogP contribution is -2.42. The Morgan fingerprint density at radius 2 is 1.95 bits per heavy atom. The van der Waals surface area contributed by atoms with E-state index in [1.54, 1.807) is 13.0 Å². The highest BCUT2D eigenvalue weighted by atomic mass is 16.3. The van der Waals surface area contributed by atoms with Crippen LogP contribution in [0.15, 0.2) is 23.1 Å². The van der Waals surface area contributed by atoms with Crippen molar-refractivity contribution in [3.8, 4) is 5.75 Å². The fraction of sp³-hybridized carbons (Fsp3) is 0.333. The zero-order valence-corrected chi connectivity index (χ0v) is 12.0. The first-order chi connectivity index (χ1) is 9.19. The van der Waals surface area contributed by atoms with Crippen molar-refractivity contribution >= 4 is 16.8 Å². The highest BCUT2D eigenvalue weighted by molar-refractivity contribution is 5.97. The lowest BCUT2D eigenvalue weighted by molar-refractivity contribution is 0.0918. The minimum atomic E-state index is -0.430. The van der Waals surface area contributed by atoms with Crippen molar-refractivity contribution in [1.82, 2.24) is 10.3 Å². The van der Waals surface area contributed by atoms with Gasteiger partial charge in [-0.05, 0) is 45.4 Å². The molecule has 0 fully saturated rings. The Labute approximate surface area is 116 Å². The van der Waals surface area contributed by atoms with Gasteiger partial charge in [0.1, 0.15) is 11.3 Å². The number of rotatable bonds is 1. The zero-order valence-electron chi connectivity index (χ0n) is 12.0. The molecule has 0 spiro atoms. The number of phenols is 1. The smallest absolute Gasteiger partial charge is 0.257 e. The minimum Gasteiger partial charge on any atom is -0.508 e. The number of aromatic hydroxyl groups is 1. The van der Waals surface area contributed by atoms with Crippen LogP contribution in [0.1, 0.15) is 36.7 Å². The van der Waals surface area contributed by atoms with Crippen LogP contribution in [-0.2, 0) is 0 Å². The van der Waals surface area contributed by atoms with Crippen molar-refractivity contribution < 1.29 is 9.90 Å². The third kappa shape index (κ3) is 2.66. The maximum Gasteiger partial charge on any atom is 0.257 e. The van der Waals surface area contributed by atoms with Gasteiger partial charge < -0.3 is 15.4 Å². The largest absolute Gasteiger partial charge is 0.508 e. The number of aromatic nitrogens is 1. The summed E-state index contributed by atoms with van der Waals surface area (Å²) in [5.41, 5.74) is 0.484. The molecule has 0 unspecified atom stereocenters. The second-order valence-electron chi connectivity index (χ2n) is 5.92. The number of H-pyrrole nitrogens is 1. The van der Waals surface area contributed by atoms with Gasteiger partial charge in [-0.1, -0.05) is 0 Å². The summed E-state index contributed by atoms with van der Waals surface area (Å²) in [6.45, 7) is 7.27. The van der Waals surface area contributed by atoms with E-state index in [0.29, 0.717) is 16.5 Å². The maximum absolute atomic E-state index is 12.3. The Morgan fingerprint density at radius 1 is 1.30 bits per heavy atom. The fourth-order valence-corrected chi connectivity index (χ4v) is 1.94. The van der Waals surface area contributed by atoms with Gasteiger partial charge in [0.25, 0.3) is 5.91 Å². The molecule has 0 atom stereocenters. The van der Waals surface area contributed by atoms with Crippen LogP contribution in [0.2, 0.25) is 0 Å². The van der Waals surface area contributed by atoms with E-state index in [1.807, 2.05) is 20.8 Å². The molecule has 1 aromatic heterocycles. The molecule has 20 heavy (non-hydrogen) atoms. The van der Waals surface area contributed by atoms with Crippen molar-refractivity contribution in [3.05, 3.63) is 39.7 Å². The van der Waals surface area contributed by atoms with Crippen molar-refractivity contribution in [2.24, 2.45) is 0 Å². The molecule has 5 nitrogen and oxygen atoms in total. The molecular formula is C15H18N2O3. The van der Waals surface area contributed by atoms with Crippen LogP contribution in [0.3, 0.4) is 0 Å². The molecule has 1 heterocycles. The topological polar surface area (TPSA) is 82.2 Å². The predicted molar refractivity (Wildman–Crippen MR) is 78.2 cm³/mol. The molecule has 2 rings (SSSR count).